The van der Waals surface area contributed by atoms with Gasteiger partial charge in [-0.05, 0) is 26.0 Å². The number of nitrogens with one attached hydrogen (secondary N) is 1. The standard InChI is InChI=1S/C10H11N3O2/c1-6-3-4-8(7(2)12-6)13-9(14)5-11-10(13)15/h3-4H,5H2,1-2H3,(H,11,15). The molecule has 1 saturated heterocycles. The fourth-order valence-electron chi connectivity index (χ4n) is 1.58. The number of imide groups is 1. The Morgan fingerprint density at radius 1 is 1.33 bits per heavy atom. The van der Waals surface area contributed by atoms with E-state index in [0.29, 0.717) is 11.4 Å². The Bertz CT molecular complexity index is 426. The number of carbonyl (C=O) groups is 2. The Hall–Kier alpha value is -1.91. The number of hydrogen-bond donors (Lipinski definition) is 1. The lowest BCUT2D eigenvalue weighted by Gasteiger charge is -2.14. The Morgan fingerprint density at radius 3 is 2.60 bits per heavy atom. The number of pyridine rings is 1. The summed E-state index contributed by atoms with van der Waals surface area (Å²) in [5.41, 5.74) is 2.10. The SMILES string of the molecule is Cc1ccc(N2C(=O)CNC2=O)c(C)n1. The van der Waals surface area contributed by atoms with Crippen LogP contribution in [0.2, 0.25) is 0 Å². The minimum atomic E-state index is -0.381. The van der Waals surface area contributed by atoms with Gasteiger partial charge in [0.2, 0.25) is 0 Å². The third kappa shape index (κ3) is 1.56. The quantitative estimate of drug-likeness (QED) is 0.688. The lowest BCUT2D eigenvalue weighted by Crippen LogP contribution is -2.31. The zero-order chi connectivity index (χ0) is 11.0. The van der Waals surface area contributed by atoms with Crippen molar-refractivity contribution in [1.82, 2.24) is 10.3 Å². The molecule has 3 amide bonds. The molecule has 5 heteroatoms. The molecule has 0 spiro atoms. The van der Waals surface area contributed by atoms with Gasteiger partial charge in [-0.2, -0.15) is 0 Å². The Labute approximate surface area is 87.1 Å². The first-order chi connectivity index (χ1) is 7.09. The average molecular weight is 205 g/mol. The number of amides is 3. The second-order valence-corrected chi connectivity index (χ2v) is 3.45. The molecule has 0 unspecified atom stereocenters. The van der Waals surface area contributed by atoms with Crippen LogP contribution in [0, 0.1) is 13.8 Å². The molecule has 1 aromatic rings. The highest BCUT2D eigenvalue weighted by molar-refractivity contribution is 6.20. The van der Waals surface area contributed by atoms with Crippen molar-refractivity contribution in [2.24, 2.45) is 0 Å². The predicted octanol–water partition coefficient (Wildman–Crippen LogP) is 0.755. The molecular formula is C10H11N3O2. The van der Waals surface area contributed by atoms with E-state index in [4.69, 9.17) is 0 Å². The summed E-state index contributed by atoms with van der Waals surface area (Å²) in [5.74, 6) is -0.242. The molecule has 2 rings (SSSR count). The Morgan fingerprint density at radius 2 is 2.07 bits per heavy atom. The normalized spacial score (nSPS) is 15.7. The highest BCUT2D eigenvalue weighted by atomic mass is 16.2. The number of rotatable bonds is 1. The maximum Gasteiger partial charge on any atom is 0.329 e. The van der Waals surface area contributed by atoms with Crippen LogP contribution in [-0.4, -0.2) is 23.5 Å². The highest BCUT2D eigenvalue weighted by Crippen LogP contribution is 2.20. The summed E-state index contributed by atoms with van der Waals surface area (Å²) in [4.78, 5) is 28.2. The van der Waals surface area contributed by atoms with Crippen LogP contribution in [0.5, 0.6) is 0 Å². The Balaban J connectivity index is 2.45. The molecular weight excluding hydrogens is 194 g/mol. The van der Waals surface area contributed by atoms with Gasteiger partial charge in [0.05, 0.1) is 17.9 Å². The van der Waals surface area contributed by atoms with E-state index in [1.807, 2.05) is 6.92 Å². The summed E-state index contributed by atoms with van der Waals surface area (Å²) in [6.07, 6.45) is 0. The second-order valence-electron chi connectivity index (χ2n) is 3.45. The fourth-order valence-corrected chi connectivity index (χ4v) is 1.58. The van der Waals surface area contributed by atoms with Crippen LogP contribution in [0.1, 0.15) is 11.4 Å². The maximum atomic E-state index is 11.4. The van der Waals surface area contributed by atoms with Crippen molar-refractivity contribution in [2.45, 2.75) is 13.8 Å². The molecule has 1 fully saturated rings. The zero-order valence-electron chi connectivity index (χ0n) is 8.57. The maximum absolute atomic E-state index is 11.4. The van der Waals surface area contributed by atoms with Crippen molar-refractivity contribution in [3.05, 3.63) is 23.5 Å². The van der Waals surface area contributed by atoms with Crippen molar-refractivity contribution in [3.63, 3.8) is 0 Å². The average Bonchev–Trinajstić information content (AvgIpc) is 2.48. The summed E-state index contributed by atoms with van der Waals surface area (Å²) in [6, 6.07) is 3.13. The first-order valence-electron chi connectivity index (χ1n) is 4.64. The monoisotopic (exact) mass is 205 g/mol. The summed E-state index contributed by atoms with van der Waals surface area (Å²) in [5, 5.41) is 2.47. The third-order valence-electron chi connectivity index (χ3n) is 2.28. The van der Waals surface area contributed by atoms with E-state index in [2.05, 4.69) is 10.3 Å². The molecule has 1 aromatic heterocycles. The first kappa shape index (κ1) is 9.64. The van der Waals surface area contributed by atoms with E-state index < -0.39 is 0 Å². The molecule has 78 valence electrons. The van der Waals surface area contributed by atoms with Gasteiger partial charge in [-0.1, -0.05) is 0 Å². The van der Waals surface area contributed by atoms with Crippen LogP contribution in [0.25, 0.3) is 0 Å². The van der Waals surface area contributed by atoms with Gasteiger partial charge in [-0.3, -0.25) is 9.78 Å². The summed E-state index contributed by atoms with van der Waals surface area (Å²) in [6.45, 7) is 3.70. The minimum Gasteiger partial charge on any atom is -0.328 e. The van der Waals surface area contributed by atoms with Gasteiger partial charge >= 0.3 is 6.03 Å². The number of aromatic nitrogens is 1. The predicted molar refractivity (Wildman–Crippen MR) is 54.6 cm³/mol. The number of nitrogens with zero attached hydrogens (tertiary/aromatic N) is 2. The number of aryl methyl sites for hydroxylation is 2. The van der Waals surface area contributed by atoms with Gasteiger partial charge in [0, 0.05) is 5.69 Å². The van der Waals surface area contributed by atoms with Crippen LogP contribution in [0.15, 0.2) is 12.1 Å². The first-order valence-corrected chi connectivity index (χ1v) is 4.64. The fraction of sp³-hybridized carbons (Fsp3) is 0.300. The van der Waals surface area contributed by atoms with E-state index in [0.717, 1.165) is 10.6 Å². The Kier molecular flexibility index (Phi) is 2.15. The van der Waals surface area contributed by atoms with Crippen molar-refractivity contribution >= 4 is 17.6 Å². The van der Waals surface area contributed by atoms with E-state index >= 15 is 0 Å². The van der Waals surface area contributed by atoms with Crippen molar-refractivity contribution in [3.8, 4) is 0 Å². The van der Waals surface area contributed by atoms with Crippen LogP contribution in [-0.2, 0) is 4.79 Å². The van der Waals surface area contributed by atoms with E-state index in [1.54, 1.807) is 19.1 Å². The smallest absolute Gasteiger partial charge is 0.328 e. The molecule has 0 aliphatic carbocycles. The topological polar surface area (TPSA) is 62.3 Å². The van der Waals surface area contributed by atoms with Crippen molar-refractivity contribution < 1.29 is 9.59 Å². The molecule has 0 atom stereocenters. The second kappa shape index (κ2) is 3.34. The van der Waals surface area contributed by atoms with Gasteiger partial charge in [-0.25, -0.2) is 9.69 Å². The van der Waals surface area contributed by atoms with Crippen LogP contribution < -0.4 is 10.2 Å². The van der Waals surface area contributed by atoms with Gasteiger partial charge < -0.3 is 5.32 Å². The molecule has 0 saturated carbocycles. The minimum absolute atomic E-state index is 0.0617. The molecule has 1 aliphatic rings. The van der Waals surface area contributed by atoms with Crippen molar-refractivity contribution in [1.29, 1.82) is 0 Å². The summed E-state index contributed by atoms with van der Waals surface area (Å²) < 4.78 is 0. The molecule has 1 N–H and O–H groups in total. The van der Waals surface area contributed by atoms with Gasteiger partial charge in [0.25, 0.3) is 5.91 Å². The summed E-state index contributed by atoms with van der Waals surface area (Å²) >= 11 is 0. The van der Waals surface area contributed by atoms with Crippen molar-refractivity contribution in [2.75, 3.05) is 11.4 Å². The highest BCUT2D eigenvalue weighted by Gasteiger charge is 2.31. The van der Waals surface area contributed by atoms with Gasteiger partial charge in [0.15, 0.2) is 0 Å². The number of carbonyl (C=O) groups excluding carboxylic acids is 2. The zero-order valence-corrected chi connectivity index (χ0v) is 8.57. The van der Waals surface area contributed by atoms with Gasteiger partial charge in [0.1, 0.15) is 0 Å². The molecule has 5 nitrogen and oxygen atoms in total. The molecule has 0 bridgehead atoms. The van der Waals surface area contributed by atoms with Crippen LogP contribution in [0.3, 0.4) is 0 Å². The molecule has 15 heavy (non-hydrogen) atoms. The number of urea groups is 1. The molecule has 0 radical (unpaired) electrons. The number of hydrogen-bond acceptors (Lipinski definition) is 3. The van der Waals surface area contributed by atoms with E-state index in [1.165, 1.54) is 0 Å². The van der Waals surface area contributed by atoms with E-state index in [-0.39, 0.29) is 18.5 Å². The van der Waals surface area contributed by atoms with Crippen LogP contribution >= 0.6 is 0 Å². The van der Waals surface area contributed by atoms with Gasteiger partial charge in [-0.15, -0.1) is 0 Å². The van der Waals surface area contributed by atoms with E-state index in [9.17, 15) is 9.59 Å². The molecule has 1 aliphatic heterocycles. The third-order valence-corrected chi connectivity index (χ3v) is 2.28. The molecule has 0 aromatic carbocycles. The van der Waals surface area contributed by atoms with Crippen LogP contribution in [0.4, 0.5) is 10.5 Å². The number of anilines is 1. The lowest BCUT2D eigenvalue weighted by atomic mass is 10.2. The molecule has 2 heterocycles. The summed E-state index contributed by atoms with van der Waals surface area (Å²) in [7, 11) is 0. The lowest BCUT2D eigenvalue weighted by molar-refractivity contribution is -0.115. The largest absolute Gasteiger partial charge is 0.329 e.